The lowest BCUT2D eigenvalue weighted by molar-refractivity contribution is -0.144. The molecule has 0 fully saturated rings. The SMILES string of the molecule is CS.[3H]CCOC(=O)C1=C[C@@H](OC(C)C)[C@H](NC(C)=O)[C@@H](CC(=O)OC)C1. The quantitative estimate of drug-likeness (QED) is 0.509. The number of rotatable bonds is 7. The molecular weight excluding hydrogens is 358 g/mol. The second-order valence-corrected chi connectivity index (χ2v) is 5.95. The number of carbonyl (C=O) groups is 3. The van der Waals surface area contributed by atoms with E-state index in [1.165, 1.54) is 14.0 Å². The summed E-state index contributed by atoms with van der Waals surface area (Å²) >= 11 is 3.53. The summed E-state index contributed by atoms with van der Waals surface area (Å²) in [6, 6.07) is -0.452. The zero-order chi connectivity index (χ0) is 21.0. The molecule has 0 radical (unpaired) electrons. The number of methoxy groups -OCH3 is 1. The van der Waals surface area contributed by atoms with Crippen LogP contribution in [-0.4, -0.2) is 56.1 Å². The lowest BCUT2D eigenvalue weighted by atomic mass is 9.80. The van der Waals surface area contributed by atoms with E-state index in [0.717, 1.165) is 0 Å². The molecule has 0 spiro atoms. The Hall–Kier alpha value is -1.54. The van der Waals surface area contributed by atoms with Gasteiger partial charge in [0.2, 0.25) is 5.91 Å². The molecule has 3 atom stereocenters. The highest BCUT2D eigenvalue weighted by molar-refractivity contribution is 7.79. The van der Waals surface area contributed by atoms with Crippen LogP contribution < -0.4 is 5.32 Å². The molecule has 0 aromatic rings. The number of hydrogen-bond acceptors (Lipinski definition) is 7. The van der Waals surface area contributed by atoms with E-state index in [0.29, 0.717) is 5.57 Å². The Balaban J connectivity index is 0.00000326. The van der Waals surface area contributed by atoms with Crippen LogP contribution in [0.4, 0.5) is 0 Å². The van der Waals surface area contributed by atoms with Crippen LogP contribution in [0.15, 0.2) is 11.6 Å². The Morgan fingerprint density at radius 2 is 2.04 bits per heavy atom. The van der Waals surface area contributed by atoms with Crippen LogP contribution in [0.25, 0.3) is 0 Å². The number of hydrogen-bond donors (Lipinski definition) is 2. The van der Waals surface area contributed by atoms with E-state index in [1.807, 2.05) is 13.8 Å². The number of ether oxygens (including phenoxy) is 3. The van der Waals surface area contributed by atoms with Gasteiger partial charge < -0.3 is 19.5 Å². The van der Waals surface area contributed by atoms with Crippen LogP contribution in [0.5, 0.6) is 0 Å². The molecule has 0 aromatic carbocycles. The van der Waals surface area contributed by atoms with Gasteiger partial charge in [-0.3, -0.25) is 9.59 Å². The fraction of sp³-hybridized carbons (Fsp3) is 0.722. The van der Waals surface area contributed by atoms with Crippen LogP contribution in [0, 0.1) is 5.92 Å². The zero-order valence-electron chi connectivity index (χ0n) is 17.1. The van der Waals surface area contributed by atoms with Gasteiger partial charge in [-0.25, -0.2) is 4.79 Å². The number of amides is 1. The highest BCUT2D eigenvalue weighted by Gasteiger charge is 2.38. The van der Waals surface area contributed by atoms with Crippen molar-refractivity contribution in [3.8, 4) is 0 Å². The topological polar surface area (TPSA) is 90.9 Å². The number of carbonyl (C=O) groups excluding carboxylic acids is 3. The van der Waals surface area contributed by atoms with Crippen LogP contribution >= 0.6 is 12.6 Å². The standard InChI is InChI=1S/C17H27NO6.CH4S/c1-6-23-17(21)13-7-12(9-15(20)22-5)16(18-11(4)19)14(8-13)24-10(2)3;1-2/h8,10,12,14,16H,6-7,9H2,1-5H3,(H,18,19);2H,1H3/t12-,14-,16-;/m1./s1/i1T;. The van der Waals surface area contributed by atoms with Crippen molar-refractivity contribution in [3.05, 3.63) is 11.6 Å². The van der Waals surface area contributed by atoms with Gasteiger partial charge in [-0.1, -0.05) is 0 Å². The molecule has 0 aliphatic heterocycles. The van der Waals surface area contributed by atoms with Crippen molar-refractivity contribution in [2.45, 2.75) is 58.8 Å². The predicted octanol–water partition coefficient (Wildman–Crippen LogP) is 1.90. The Morgan fingerprint density at radius 1 is 1.38 bits per heavy atom. The molecule has 0 aromatic heterocycles. The molecule has 26 heavy (non-hydrogen) atoms. The maximum Gasteiger partial charge on any atom is 0.333 e. The molecule has 0 heterocycles. The van der Waals surface area contributed by atoms with Crippen molar-refractivity contribution in [3.63, 3.8) is 0 Å². The van der Waals surface area contributed by atoms with Crippen molar-refractivity contribution in [1.29, 1.82) is 0 Å². The van der Waals surface area contributed by atoms with Crippen molar-refractivity contribution in [2.24, 2.45) is 5.92 Å². The summed E-state index contributed by atoms with van der Waals surface area (Å²) in [6.07, 6.45) is 2.93. The average molecular weight is 392 g/mol. The molecule has 1 N–H and O–H groups in total. The van der Waals surface area contributed by atoms with Gasteiger partial charge in [0, 0.05) is 13.9 Å². The summed E-state index contributed by atoms with van der Waals surface area (Å²) in [7, 11) is 1.29. The molecule has 1 aliphatic carbocycles. The van der Waals surface area contributed by atoms with Crippen molar-refractivity contribution in [2.75, 3.05) is 20.0 Å². The van der Waals surface area contributed by atoms with E-state index in [2.05, 4.69) is 17.9 Å². The average Bonchev–Trinajstić information content (AvgIpc) is 2.62. The Kier molecular flexibility index (Phi) is 11.0. The molecule has 150 valence electrons. The third kappa shape index (κ3) is 8.23. The van der Waals surface area contributed by atoms with E-state index in [4.69, 9.17) is 15.6 Å². The van der Waals surface area contributed by atoms with Gasteiger partial charge in [-0.15, -0.1) is 0 Å². The first-order valence-electron chi connectivity index (χ1n) is 9.10. The van der Waals surface area contributed by atoms with Crippen LogP contribution in [-0.2, 0) is 28.6 Å². The summed E-state index contributed by atoms with van der Waals surface area (Å²) in [5, 5.41) is 2.82. The molecule has 0 saturated carbocycles. The fourth-order valence-electron chi connectivity index (χ4n) is 2.75. The molecule has 1 aliphatic rings. The molecule has 8 heteroatoms. The van der Waals surface area contributed by atoms with Crippen molar-refractivity contribution < 1.29 is 30.0 Å². The maximum atomic E-state index is 12.2. The van der Waals surface area contributed by atoms with E-state index in [-0.39, 0.29) is 44.3 Å². The lowest BCUT2D eigenvalue weighted by Crippen LogP contribution is -2.51. The highest BCUT2D eigenvalue weighted by atomic mass is 32.1. The number of nitrogens with one attached hydrogen (secondary N) is 1. The second kappa shape index (κ2) is 12.8. The molecule has 0 bridgehead atoms. The Bertz CT molecular complexity index is 526. The monoisotopic (exact) mass is 391 g/mol. The smallest absolute Gasteiger partial charge is 0.333 e. The van der Waals surface area contributed by atoms with Crippen molar-refractivity contribution >= 4 is 30.5 Å². The molecule has 1 amide bonds. The minimum absolute atomic E-state index is 0.00265. The summed E-state index contributed by atoms with van der Waals surface area (Å²) in [5.41, 5.74) is 0.384. The first-order chi connectivity index (χ1) is 12.8. The molecule has 7 nitrogen and oxygen atoms in total. The first-order valence-corrected chi connectivity index (χ1v) is 9.29. The normalized spacial score (nSPS) is 22.3. The molecule has 1 rings (SSSR count). The Morgan fingerprint density at radius 3 is 2.54 bits per heavy atom. The highest BCUT2D eigenvalue weighted by Crippen LogP contribution is 2.31. The van der Waals surface area contributed by atoms with Gasteiger partial charge in [0.15, 0.2) is 0 Å². The van der Waals surface area contributed by atoms with E-state index in [9.17, 15) is 14.4 Å². The van der Waals surface area contributed by atoms with Crippen LogP contribution in [0.2, 0.25) is 0 Å². The minimum atomic E-state index is -0.564. The fourth-order valence-corrected chi connectivity index (χ4v) is 2.75. The zero-order valence-corrected chi connectivity index (χ0v) is 17.0. The molecule has 0 saturated heterocycles. The summed E-state index contributed by atoms with van der Waals surface area (Å²) in [6.45, 7) is 5.07. The summed E-state index contributed by atoms with van der Waals surface area (Å²) < 4.78 is 22.7. The van der Waals surface area contributed by atoms with Gasteiger partial charge in [0.1, 0.15) is 0 Å². The van der Waals surface area contributed by atoms with Gasteiger partial charge in [-0.05, 0) is 45.4 Å². The van der Waals surface area contributed by atoms with Crippen LogP contribution in [0.3, 0.4) is 0 Å². The van der Waals surface area contributed by atoms with E-state index >= 15 is 0 Å². The summed E-state index contributed by atoms with van der Waals surface area (Å²) in [5.74, 6) is -1.56. The Labute approximate surface area is 162 Å². The van der Waals surface area contributed by atoms with Gasteiger partial charge in [0.05, 0.1) is 38.4 Å². The van der Waals surface area contributed by atoms with Gasteiger partial charge >= 0.3 is 11.9 Å². The van der Waals surface area contributed by atoms with Gasteiger partial charge in [0.25, 0.3) is 0 Å². The molecule has 0 unspecified atom stereocenters. The van der Waals surface area contributed by atoms with E-state index in [1.54, 1.807) is 12.3 Å². The second-order valence-electron chi connectivity index (χ2n) is 5.95. The number of thiol groups is 1. The number of esters is 2. The van der Waals surface area contributed by atoms with E-state index < -0.39 is 24.1 Å². The predicted molar refractivity (Wildman–Crippen MR) is 102 cm³/mol. The molecular formula is C18H31NO6S. The van der Waals surface area contributed by atoms with Gasteiger partial charge in [-0.2, -0.15) is 12.6 Å². The first kappa shape index (κ1) is 22.5. The summed E-state index contributed by atoms with van der Waals surface area (Å²) in [4.78, 5) is 35.5. The lowest BCUT2D eigenvalue weighted by Gasteiger charge is -2.37. The third-order valence-electron chi connectivity index (χ3n) is 3.66. The van der Waals surface area contributed by atoms with Crippen molar-refractivity contribution in [1.82, 2.24) is 5.32 Å². The largest absolute Gasteiger partial charge is 0.469 e. The minimum Gasteiger partial charge on any atom is -0.469 e. The maximum absolute atomic E-state index is 12.2. The van der Waals surface area contributed by atoms with Crippen LogP contribution in [0.1, 0.15) is 41.9 Å². The third-order valence-corrected chi connectivity index (χ3v) is 3.66.